The molecular formula is C17H21FN2O5. The number of benzene rings is 1. The molecule has 0 aliphatic carbocycles. The molecule has 0 unspecified atom stereocenters. The molecule has 3 N–H and O–H groups in total. The maximum Gasteiger partial charge on any atom is 0.305 e. The Labute approximate surface area is 144 Å². The van der Waals surface area contributed by atoms with Crippen LogP contribution in [0.5, 0.6) is 0 Å². The molecule has 1 saturated heterocycles. The van der Waals surface area contributed by atoms with Gasteiger partial charge >= 0.3 is 5.97 Å². The van der Waals surface area contributed by atoms with Crippen molar-refractivity contribution in [1.82, 2.24) is 10.6 Å². The molecule has 0 saturated carbocycles. The van der Waals surface area contributed by atoms with Crippen LogP contribution < -0.4 is 10.6 Å². The van der Waals surface area contributed by atoms with E-state index in [9.17, 15) is 18.8 Å². The number of hydrogen-bond acceptors (Lipinski definition) is 4. The molecule has 7 nitrogen and oxygen atoms in total. The molecule has 0 bridgehead atoms. The van der Waals surface area contributed by atoms with Gasteiger partial charge in [0.05, 0.1) is 24.9 Å². The van der Waals surface area contributed by atoms with E-state index in [1.54, 1.807) is 6.07 Å². The molecule has 2 amide bonds. The molecule has 25 heavy (non-hydrogen) atoms. The summed E-state index contributed by atoms with van der Waals surface area (Å²) in [7, 11) is 0. The van der Waals surface area contributed by atoms with E-state index in [4.69, 9.17) is 9.84 Å². The van der Waals surface area contributed by atoms with Crippen LogP contribution in [-0.2, 0) is 25.5 Å². The van der Waals surface area contributed by atoms with E-state index in [1.807, 2.05) is 0 Å². The number of halogens is 1. The number of ether oxygens (including phenoxy) is 1. The summed E-state index contributed by atoms with van der Waals surface area (Å²) >= 11 is 0. The van der Waals surface area contributed by atoms with E-state index in [2.05, 4.69) is 10.6 Å². The molecule has 136 valence electrons. The second-order valence-corrected chi connectivity index (χ2v) is 6.09. The van der Waals surface area contributed by atoms with Crippen LogP contribution in [0.2, 0.25) is 0 Å². The second-order valence-electron chi connectivity index (χ2n) is 6.09. The van der Waals surface area contributed by atoms with E-state index < -0.39 is 29.1 Å². The Kier molecular flexibility index (Phi) is 6.46. The molecule has 0 atom stereocenters. The van der Waals surface area contributed by atoms with Crippen molar-refractivity contribution in [2.75, 3.05) is 19.8 Å². The predicted octanol–water partition coefficient (Wildman–Crippen LogP) is 0.624. The highest BCUT2D eigenvalue weighted by Crippen LogP contribution is 2.24. The molecule has 2 rings (SSSR count). The molecular weight excluding hydrogens is 331 g/mol. The van der Waals surface area contributed by atoms with E-state index in [-0.39, 0.29) is 19.4 Å². The first-order chi connectivity index (χ1) is 11.9. The normalized spacial score (nSPS) is 16.0. The fourth-order valence-electron chi connectivity index (χ4n) is 2.81. The van der Waals surface area contributed by atoms with E-state index in [0.717, 1.165) is 0 Å². The van der Waals surface area contributed by atoms with Gasteiger partial charge in [0, 0.05) is 13.2 Å². The van der Waals surface area contributed by atoms with Crippen molar-refractivity contribution in [1.29, 1.82) is 0 Å². The minimum Gasteiger partial charge on any atom is -0.481 e. The number of amides is 2. The van der Waals surface area contributed by atoms with Gasteiger partial charge in [-0.25, -0.2) is 4.39 Å². The van der Waals surface area contributed by atoms with Crippen LogP contribution in [0, 0.1) is 5.82 Å². The number of carbonyl (C=O) groups excluding carboxylic acids is 2. The lowest BCUT2D eigenvalue weighted by molar-refractivity contribution is -0.140. The van der Waals surface area contributed by atoms with Gasteiger partial charge in [0.2, 0.25) is 11.8 Å². The maximum absolute atomic E-state index is 13.1. The first kappa shape index (κ1) is 18.9. The quantitative estimate of drug-likeness (QED) is 0.667. The number of carboxylic acid groups (broad SMARTS) is 1. The topological polar surface area (TPSA) is 105 Å². The van der Waals surface area contributed by atoms with Crippen LogP contribution in [0.1, 0.15) is 24.8 Å². The van der Waals surface area contributed by atoms with Crippen molar-refractivity contribution >= 4 is 17.8 Å². The zero-order valence-corrected chi connectivity index (χ0v) is 13.7. The third-order valence-electron chi connectivity index (χ3n) is 4.04. The van der Waals surface area contributed by atoms with Gasteiger partial charge in [0.15, 0.2) is 0 Å². The van der Waals surface area contributed by atoms with Crippen LogP contribution in [0.25, 0.3) is 0 Å². The van der Waals surface area contributed by atoms with Gasteiger partial charge in [-0.05, 0) is 30.5 Å². The summed E-state index contributed by atoms with van der Waals surface area (Å²) in [6.07, 6.45) is 0.572. The summed E-state index contributed by atoms with van der Waals surface area (Å²) in [4.78, 5) is 35.0. The van der Waals surface area contributed by atoms with Gasteiger partial charge < -0.3 is 20.5 Å². The van der Waals surface area contributed by atoms with Gasteiger partial charge in [-0.1, -0.05) is 12.1 Å². The Balaban J connectivity index is 1.84. The lowest BCUT2D eigenvalue weighted by atomic mass is 9.86. The highest BCUT2D eigenvalue weighted by Gasteiger charge is 2.36. The number of hydrogen-bond donors (Lipinski definition) is 3. The molecule has 1 aromatic carbocycles. The van der Waals surface area contributed by atoms with Crippen molar-refractivity contribution in [2.45, 2.75) is 31.2 Å². The van der Waals surface area contributed by atoms with Crippen LogP contribution in [0.15, 0.2) is 24.3 Å². The van der Waals surface area contributed by atoms with Crippen LogP contribution in [0.4, 0.5) is 4.39 Å². The zero-order chi connectivity index (χ0) is 18.3. The van der Waals surface area contributed by atoms with Crippen molar-refractivity contribution in [3.63, 3.8) is 0 Å². The van der Waals surface area contributed by atoms with Crippen LogP contribution in [0.3, 0.4) is 0 Å². The van der Waals surface area contributed by atoms with Gasteiger partial charge in [-0.2, -0.15) is 0 Å². The SMILES string of the molecule is O=C(O)CC1(NC(=O)CNC(=O)Cc2cccc(F)c2)CCOCC1. The molecule has 1 aliphatic rings. The predicted molar refractivity (Wildman–Crippen MR) is 86.3 cm³/mol. The molecule has 0 aromatic heterocycles. The minimum absolute atomic E-state index is 0.0425. The smallest absolute Gasteiger partial charge is 0.305 e. The van der Waals surface area contributed by atoms with Crippen LogP contribution in [-0.4, -0.2) is 48.2 Å². The Morgan fingerprint density at radius 1 is 1.20 bits per heavy atom. The molecule has 0 spiro atoms. The first-order valence-electron chi connectivity index (χ1n) is 8.00. The standard InChI is InChI=1S/C17H21FN2O5/c18-13-3-1-2-12(8-13)9-14(21)19-11-15(22)20-17(10-16(23)24)4-6-25-7-5-17/h1-3,8H,4-7,9-11H2,(H,19,21)(H,20,22)(H,23,24). The van der Waals surface area contributed by atoms with Crippen molar-refractivity contribution in [3.05, 3.63) is 35.6 Å². The number of nitrogens with one attached hydrogen (secondary N) is 2. The highest BCUT2D eigenvalue weighted by atomic mass is 19.1. The first-order valence-corrected chi connectivity index (χ1v) is 8.00. The summed E-state index contributed by atoms with van der Waals surface area (Å²) < 4.78 is 18.3. The molecule has 0 radical (unpaired) electrons. The van der Waals surface area contributed by atoms with E-state index in [0.29, 0.717) is 31.6 Å². The van der Waals surface area contributed by atoms with E-state index in [1.165, 1.54) is 18.2 Å². The largest absolute Gasteiger partial charge is 0.481 e. The third-order valence-corrected chi connectivity index (χ3v) is 4.04. The molecule has 1 heterocycles. The van der Waals surface area contributed by atoms with Gasteiger partial charge in [0.1, 0.15) is 5.82 Å². The Morgan fingerprint density at radius 3 is 2.56 bits per heavy atom. The molecule has 1 aromatic rings. The third kappa shape index (κ3) is 6.15. The lowest BCUT2D eigenvalue weighted by Crippen LogP contribution is -2.55. The summed E-state index contributed by atoms with van der Waals surface area (Å²) in [5, 5.41) is 14.2. The monoisotopic (exact) mass is 352 g/mol. The van der Waals surface area contributed by atoms with Gasteiger partial charge in [0.25, 0.3) is 0 Å². The minimum atomic E-state index is -1.00. The summed E-state index contributed by atoms with van der Waals surface area (Å²) in [5.41, 5.74) is -0.348. The van der Waals surface area contributed by atoms with Gasteiger partial charge in [-0.15, -0.1) is 0 Å². The number of rotatable bonds is 7. The average molecular weight is 352 g/mol. The second kappa shape index (κ2) is 8.57. The average Bonchev–Trinajstić information content (AvgIpc) is 2.53. The fourth-order valence-corrected chi connectivity index (χ4v) is 2.81. The van der Waals surface area contributed by atoms with E-state index >= 15 is 0 Å². The molecule has 8 heteroatoms. The summed E-state index contributed by atoms with van der Waals surface area (Å²) in [6.45, 7) is 0.482. The van der Waals surface area contributed by atoms with Crippen molar-refractivity contribution < 1.29 is 28.6 Å². The number of carbonyl (C=O) groups is 3. The Bertz CT molecular complexity index is 644. The van der Waals surface area contributed by atoms with Crippen molar-refractivity contribution in [2.24, 2.45) is 0 Å². The summed E-state index contributed by atoms with van der Waals surface area (Å²) in [6, 6.07) is 5.66. The van der Waals surface area contributed by atoms with Crippen LogP contribution >= 0.6 is 0 Å². The lowest BCUT2D eigenvalue weighted by Gasteiger charge is -2.36. The zero-order valence-electron chi connectivity index (χ0n) is 13.7. The molecule has 1 aliphatic heterocycles. The number of carboxylic acids is 1. The Hall–Kier alpha value is -2.48. The fraction of sp³-hybridized carbons (Fsp3) is 0.471. The number of aliphatic carboxylic acids is 1. The van der Waals surface area contributed by atoms with Crippen molar-refractivity contribution in [3.8, 4) is 0 Å². The highest BCUT2D eigenvalue weighted by molar-refractivity contribution is 5.86. The van der Waals surface area contributed by atoms with Gasteiger partial charge in [-0.3, -0.25) is 14.4 Å². The molecule has 1 fully saturated rings. The Morgan fingerprint density at radius 2 is 1.92 bits per heavy atom. The summed E-state index contributed by atoms with van der Waals surface area (Å²) in [5.74, 6) is -2.31. The maximum atomic E-state index is 13.1.